The average molecular weight is 282 g/mol. The average Bonchev–Trinajstić information content (AvgIpc) is 2.20. The van der Waals surface area contributed by atoms with Crippen molar-refractivity contribution in [2.45, 2.75) is 31.6 Å². The number of nitrogens with zero attached hydrogens (tertiary/aromatic N) is 1. The molecule has 0 N–H and O–H groups in total. The third-order valence-corrected chi connectivity index (χ3v) is 4.74. The van der Waals surface area contributed by atoms with E-state index in [1.54, 1.807) is 6.92 Å². The first-order chi connectivity index (χ1) is 7.31. The van der Waals surface area contributed by atoms with E-state index in [0.717, 1.165) is 0 Å². The SMILES string of the molecule is CCS(=O)(=O)c1c(Cl)ncc(Cl)c1C(C)C. The van der Waals surface area contributed by atoms with Gasteiger partial charge in [0.2, 0.25) is 0 Å². The molecule has 1 heterocycles. The number of rotatable bonds is 3. The van der Waals surface area contributed by atoms with Gasteiger partial charge in [-0.1, -0.05) is 44.0 Å². The highest BCUT2D eigenvalue weighted by Crippen LogP contribution is 2.34. The predicted octanol–water partition coefficient (Wildman–Crippen LogP) is 3.31. The van der Waals surface area contributed by atoms with Gasteiger partial charge in [-0.2, -0.15) is 0 Å². The van der Waals surface area contributed by atoms with E-state index in [-0.39, 0.29) is 21.7 Å². The molecule has 0 aliphatic rings. The Labute approximate surface area is 106 Å². The summed E-state index contributed by atoms with van der Waals surface area (Å²) in [6.07, 6.45) is 1.38. The maximum Gasteiger partial charge on any atom is 0.181 e. The van der Waals surface area contributed by atoms with Crippen molar-refractivity contribution in [2.24, 2.45) is 0 Å². The Kier molecular flexibility index (Phi) is 4.21. The molecule has 0 fully saturated rings. The monoisotopic (exact) mass is 281 g/mol. The maximum atomic E-state index is 11.9. The molecule has 0 unspecified atom stereocenters. The summed E-state index contributed by atoms with van der Waals surface area (Å²) in [5.41, 5.74) is 0.545. The van der Waals surface area contributed by atoms with Crippen LogP contribution in [-0.4, -0.2) is 19.2 Å². The minimum Gasteiger partial charge on any atom is -0.242 e. The van der Waals surface area contributed by atoms with Crippen molar-refractivity contribution in [3.63, 3.8) is 0 Å². The van der Waals surface area contributed by atoms with Crippen LogP contribution in [0.2, 0.25) is 10.2 Å². The third-order valence-electron chi connectivity index (χ3n) is 2.25. The second kappa shape index (κ2) is 4.90. The molecule has 3 nitrogen and oxygen atoms in total. The van der Waals surface area contributed by atoms with Crippen LogP contribution in [0.1, 0.15) is 32.3 Å². The van der Waals surface area contributed by atoms with E-state index < -0.39 is 9.84 Å². The molecule has 6 heteroatoms. The molecule has 0 aliphatic heterocycles. The Morgan fingerprint density at radius 1 is 1.38 bits per heavy atom. The van der Waals surface area contributed by atoms with Crippen molar-refractivity contribution in [1.82, 2.24) is 4.98 Å². The number of hydrogen-bond acceptors (Lipinski definition) is 3. The second-order valence-electron chi connectivity index (χ2n) is 3.70. The summed E-state index contributed by atoms with van der Waals surface area (Å²) in [6, 6.07) is 0. The zero-order valence-electron chi connectivity index (χ0n) is 9.29. The molecular formula is C10H13Cl2NO2S. The molecule has 0 atom stereocenters. The smallest absolute Gasteiger partial charge is 0.181 e. The number of halogens is 2. The van der Waals surface area contributed by atoms with Gasteiger partial charge in [0.15, 0.2) is 9.84 Å². The molecule has 0 saturated heterocycles. The molecular weight excluding hydrogens is 269 g/mol. The quantitative estimate of drug-likeness (QED) is 0.799. The fourth-order valence-electron chi connectivity index (χ4n) is 1.44. The largest absolute Gasteiger partial charge is 0.242 e. The molecule has 1 rings (SSSR count). The van der Waals surface area contributed by atoms with E-state index in [4.69, 9.17) is 23.2 Å². The molecule has 0 bridgehead atoms. The Bertz CT molecular complexity index is 498. The van der Waals surface area contributed by atoms with Gasteiger partial charge in [-0.25, -0.2) is 13.4 Å². The number of pyridine rings is 1. The highest BCUT2D eigenvalue weighted by Gasteiger charge is 2.25. The van der Waals surface area contributed by atoms with Crippen LogP contribution in [0, 0.1) is 0 Å². The first kappa shape index (κ1) is 13.7. The maximum absolute atomic E-state index is 11.9. The molecule has 0 amide bonds. The summed E-state index contributed by atoms with van der Waals surface area (Å²) < 4.78 is 23.8. The number of aromatic nitrogens is 1. The van der Waals surface area contributed by atoms with Crippen LogP contribution in [-0.2, 0) is 9.84 Å². The Hall–Kier alpha value is -0.320. The molecule has 16 heavy (non-hydrogen) atoms. The van der Waals surface area contributed by atoms with E-state index in [2.05, 4.69) is 4.98 Å². The molecule has 0 radical (unpaired) electrons. The highest BCUT2D eigenvalue weighted by atomic mass is 35.5. The lowest BCUT2D eigenvalue weighted by molar-refractivity contribution is 0.594. The summed E-state index contributed by atoms with van der Waals surface area (Å²) in [5.74, 6) is -0.0432. The third kappa shape index (κ3) is 2.50. The van der Waals surface area contributed by atoms with Crippen LogP contribution in [0.15, 0.2) is 11.1 Å². The number of hydrogen-bond donors (Lipinski definition) is 0. The normalized spacial score (nSPS) is 12.1. The number of sulfone groups is 1. The molecule has 90 valence electrons. The van der Waals surface area contributed by atoms with Crippen molar-refractivity contribution >= 4 is 33.0 Å². The summed E-state index contributed by atoms with van der Waals surface area (Å²) in [4.78, 5) is 3.86. The second-order valence-corrected chi connectivity index (χ2v) is 6.68. The molecule has 0 aromatic carbocycles. The summed E-state index contributed by atoms with van der Waals surface area (Å²) in [6.45, 7) is 5.30. The van der Waals surface area contributed by atoms with E-state index >= 15 is 0 Å². The molecule has 0 spiro atoms. The zero-order valence-corrected chi connectivity index (χ0v) is 11.6. The summed E-state index contributed by atoms with van der Waals surface area (Å²) >= 11 is 11.8. The lowest BCUT2D eigenvalue weighted by Crippen LogP contribution is -2.10. The Morgan fingerprint density at radius 3 is 2.38 bits per heavy atom. The van der Waals surface area contributed by atoms with Crippen molar-refractivity contribution < 1.29 is 8.42 Å². The van der Waals surface area contributed by atoms with Crippen molar-refractivity contribution in [2.75, 3.05) is 5.75 Å². The van der Waals surface area contributed by atoms with Crippen LogP contribution < -0.4 is 0 Å². The van der Waals surface area contributed by atoms with Crippen LogP contribution in [0.5, 0.6) is 0 Å². The van der Waals surface area contributed by atoms with Gasteiger partial charge < -0.3 is 0 Å². The van der Waals surface area contributed by atoms with Crippen molar-refractivity contribution in [3.8, 4) is 0 Å². The van der Waals surface area contributed by atoms with Crippen LogP contribution in [0.4, 0.5) is 0 Å². The standard InChI is InChI=1S/C10H13Cl2NO2S/c1-4-16(14,15)9-8(6(2)3)7(11)5-13-10(9)12/h5-6H,4H2,1-3H3. The fraction of sp³-hybridized carbons (Fsp3) is 0.500. The van der Waals surface area contributed by atoms with Gasteiger partial charge >= 0.3 is 0 Å². The van der Waals surface area contributed by atoms with Gasteiger partial charge in [-0.15, -0.1) is 0 Å². The fourth-order valence-corrected chi connectivity index (χ4v) is 3.64. The topological polar surface area (TPSA) is 47.0 Å². The Morgan fingerprint density at radius 2 is 1.94 bits per heavy atom. The zero-order chi connectivity index (χ0) is 12.5. The van der Waals surface area contributed by atoms with E-state index in [9.17, 15) is 8.42 Å². The van der Waals surface area contributed by atoms with E-state index in [1.165, 1.54) is 6.20 Å². The predicted molar refractivity (Wildman–Crippen MR) is 66.1 cm³/mol. The van der Waals surface area contributed by atoms with Gasteiger partial charge in [0.05, 0.1) is 10.8 Å². The van der Waals surface area contributed by atoms with Gasteiger partial charge in [0.1, 0.15) is 10.0 Å². The van der Waals surface area contributed by atoms with Crippen LogP contribution in [0.3, 0.4) is 0 Å². The lowest BCUT2D eigenvalue weighted by atomic mass is 10.1. The molecule has 0 aliphatic carbocycles. The minimum absolute atomic E-state index is 0.00468. The van der Waals surface area contributed by atoms with Crippen LogP contribution in [0.25, 0.3) is 0 Å². The Balaban J connectivity index is 3.66. The van der Waals surface area contributed by atoms with Crippen molar-refractivity contribution in [3.05, 3.63) is 21.9 Å². The van der Waals surface area contributed by atoms with E-state index in [0.29, 0.717) is 10.6 Å². The van der Waals surface area contributed by atoms with Gasteiger partial charge in [0, 0.05) is 6.20 Å². The summed E-state index contributed by atoms with van der Waals surface area (Å²) in [7, 11) is -3.41. The lowest BCUT2D eigenvalue weighted by Gasteiger charge is -2.15. The van der Waals surface area contributed by atoms with Crippen LogP contribution >= 0.6 is 23.2 Å². The van der Waals surface area contributed by atoms with Crippen molar-refractivity contribution in [1.29, 1.82) is 0 Å². The highest BCUT2D eigenvalue weighted by molar-refractivity contribution is 7.91. The minimum atomic E-state index is -3.41. The van der Waals surface area contributed by atoms with E-state index in [1.807, 2.05) is 13.8 Å². The van der Waals surface area contributed by atoms with Gasteiger partial charge in [-0.05, 0) is 11.5 Å². The van der Waals surface area contributed by atoms with Gasteiger partial charge in [0.25, 0.3) is 0 Å². The molecule has 0 saturated carbocycles. The first-order valence-electron chi connectivity index (χ1n) is 4.88. The molecule has 1 aromatic rings. The first-order valence-corrected chi connectivity index (χ1v) is 7.28. The summed E-state index contributed by atoms with van der Waals surface area (Å²) in [5, 5.41) is 0.335. The molecule has 1 aromatic heterocycles. The van der Waals surface area contributed by atoms with Gasteiger partial charge in [-0.3, -0.25) is 0 Å².